The lowest BCUT2D eigenvalue weighted by Crippen LogP contribution is -2.51. The predicted molar refractivity (Wildman–Crippen MR) is 102 cm³/mol. The first-order valence-electron chi connectivity index (χ1n) is 9.84. The second-order valence-corrected chi connectivity index (χ2v) is 7.63. The molecule has 2 amide bonds. The average molecular weight is 374 g/mol. The number of hydrogen-bond donors (Lipinski definition) is 1. The van der Waals surface area contributed by atoms with Crippen molar-refractivity contribution < 1.29 is 19.1 Å². The smallest absolute Gasteiger partial charge is 0.248 e. The molecule has 0 radical (unpaired) electrons. The zero-order valence-electron chi connectivity index (χ0n) is 16.1. The minimum absolute atomic E-state index is 0.0403. The van der Waals surface area contributed by atoms with Gasteiger partial charge in [0.15, 0.2) is 0 Å². The standard InChI is InChI=1S/C21H30N2O4/c1-22-19(24)13-18-7-12-27-21(14-18)8-10-23(11-9-21)20(25)16-26-15-17-5-3-2-4-6-17/h2-6,18H,7-16H2,1H3,(H,22,24). The Balaban J connectivity index is 1.42. The van der Waals surface area contributed by atoms with Crippen LogP contribution >= 0.6 is 0 Å². The van der Waals surface area contributed by atoms with Crippen molar-refractivity contribution in [1.29, 1.82) is 0 Å². The lowest BCUT2D eigenvalue weighted by Gasteiger charge is -2.46. The van der Waals surface area contributed by atoms with Crippen LogP contribution in [-0.4, -0.2) is 55.7 Å². The van der Waals surface area contributed by atoms with E-state index in [1.807, 2.05) is 35.2 Å². The molecule has 148 valence electrons. The van der Waals surface area contributed by atoms with E-state index in [0.717, 1.165) is 31.2 Å². The van der Waals surface area contributed by atoms with Crippen LogP contribution in [0, 0.1) is 5.92 Å². The summed E-state index contributed by atoms with van der Waals surface area (Å²) < 4.78 is 11.7. The summed E-state index contributed by atoms with van der Waals surface area (Å²) in [4.78, 5) is 26.0. The van der Waals surface area contributed by atoms with Crippen LogP contribution in [0.15, 0.2) is 30.3 Å². The molecule has 0 saturated carbocycles. The third kappa shape index (κ3) is 5.53. The van der Waals surface area contributed by atoms with Crippen molar-refractivity contribution in [2.75, 3.05) is 33.4 Å². The first kappa shape index (κ1) is 19.8. The molecule has 6 nitrogen and oxygen atoms in total. The Hall–Kier alpha value is -1.92. The van der Waals surface area contributed by atoms with E-state index in [2.05, 4.69) is 5.32 Å². The third-order valence-electron chi connectivity index (χ3n) is 5.71. The molecule has 0 aromatic heterocycles. The lowest BCUT2D eigenvalue weighted by molar-refractivity contribution is -0.151. The number of ether oxygens (including phenoxy) is 2. The Bertz CT molecular complexity index is 626. The topological polar surface area (TPSA) is 67.9 Å². The first-order valence-corrected chi connectivity index (χ1v) is 9.84. The van der Waals surface area contributed by atoms with Crippen molar-refractivity contribution in [3.05, 3.63) is 35.9 Å². The van der Waals surface area contributed by atoms with Crippen LogP contribution in [-0.2, 0) is 25.7 Å². The van der Waals surface area contributed by atoms with E-state index in [-0.39, 0.29) is 24.0 Å². The van der Waals surface area contributed by atoms with E-state index in [9.17, 15) is 9.59 Å². The fourth-order valence-electron chi connectivity index (χ4n) is 4.10. The molecule has 1 N–H and O–H groups in total. The molecule has 2 heterocycles. The Morgan fingerprint density at radius 3 is 2.70 bits per heavy atom. The molecule has 2 aliphatic heterocycles. The number of piperidine rings is 1. The molecular weight excluding hydrogens is 344 g/mol. The highest BCUT2D eigenvalue weighted by Gasteiger charge is 2.41. The summed E-state index contributed by atoms with van der Waals surface area (Å²) in [6, 6.07) is 9.87. The van der Waals surface area contributed by atoms with E-state index >= 15 is 0 Å². The second kappa shape index (κ2) is 9.33. The van der Waals surface area contributed by atoms with Crippen LogP contribution < -0.4 is 5.32 Å². The number of carbonyl (C=O) groups excluding carboxylic acids is 2. The number of hydrogen-bond acceptors (Lipinski definition) is 4. The van der Waals surface area contributed by atoms with E-state index < -0.39 is 0 Å². The van der Waals surface area contributed by atoms with Gasteiger partial charge in [0.2, 0.25) is 11.8 Å². The SMILES string of the molecule is CNC(=O)CC1CCOC2(CCN(C(=O)COCc3ccccc3)CC2)C1. The van der Waals surface area contributed by atoms with Crippen molar-refractivity contribution in [3.8, 4) is 0 Å². The molecule has 3 rings (SSSR count). The van der Waals surface area contributed by atoms with E-state index in [1.165, 1.54) is 0 Å². The largest absolute Gasteiger partial charge is 0.375 e. The highest BCUT2D eigenvalue weighted by molar-refractivity contribution is 5.77. The fraction of sp³-hybridized carbons (Fsp3) is 0.619. The molecule has 27 heavy (non-hydrogen) atoms. The molecule has 1 atom stereocenters. The van der Waals surface area contributed by atoms with Gasteiger partial charge in [0.05, 0.1) is 12.2 Å². The summed E-state index contributed by atoms with van der Waals surface area (Å²) in [6.07, 6.45) is 4.08. The lowest BCUT2D eigenvalue weighted by atomic mass is 9.78. The predicted octanol–water partition coefficient (Wildman–Crippen LogP) is 2.13. The van der Waals surface area contributed by atoms with Gasteiger partial charge in [-0.05, 0) is 37.2 Å². The van der Waals surface area contributed by atoms with Crippen LogP contribution in [0.3, 0.4) is 0 Å². The van der Waals surface area contributed by atoms with E-state index in [1.54, 1.807) is 7.05 Å². The number of nitrogens with one attached hydrogen (secondary N) is 1. The maximum absolute atomic E-state index is 12.4. The van der Waals surface area contributed by atoms with E-state index in [0.29, 0.717) is 38.6 Å². The molecule has 0 bridgehead atoms. The molecule has 1 unspecified atom stereocenters. The molecule has 1 aromatic rings. The van der Waals surface area contributed by atoms with Gasteiger partial charge in [0, 0.05) is 33.2 Å². The van der Waals surface area contributed by atoms with Gasteiger partial charge in [-0.2, -0.15) is 0 Å². The Labute approximate surface area is 161 Å². The normalized spacial score (nSPS) is 21.8. The van der Waals surface area contributed by atoms with Gasteiger partial charge < -0.3 is 19.7 Å². The zero-order valence-corrected chi connectivity index (χ0v) is 16.1. The summed E-state index contributed by atoms with van der Waals surface area (Å²) in [5.74, 6) is 0.508. The highest BCUT2D eigenvalue weighted by atomic mass is 16.5. The number of likely N-dealkylation sites (tertiary alicyclic amines) is 1. The van der Waals surface area contributed by atoms with Crippen molar-refractivity contribution in [3.63, 3.8) is 0 Å². The summed E-state index contributed by atoms with van der Waals surface area (Å²) in [5, 5.41) is 2.71. The van der Waals surface area contributed by atoms with Crippen LogP contribution in [0.5, 0.6) is 0 Å². The third-order valence-corrected chi connectivity index (χ3v) is 5.71. The van der Waals surface area contributed by atoms with Gasteiger partial charge in [0.25, 0.3) is 0 Å². The van der Waals surface area contributed by atoms with Crippen LogP contribution in [0.1, 0.15) is 37.7 Å². The van der Waals surface area contributed by atoms with Gasteiger partial charge >= 0.3 is 0 Å². The van der Waals surface area contributed by atoms with Gasteiger partial charge in [-0.15, -0.1) is 0 Å². The van der Waals surface area contributed by atoms with Gasteiger partial charge in [-0.1, -0.05) is 30.3 Å². The Morgan fingerprint density at radius 2 is 2.00 bits per heavy atom. The first-order chi connectivity index (χ1) is 13.1. The maximum Gasteiger partial charge on any atom is 0.248 e. The molecular formula is C21H30N2O4. The summed E-state index contributed by atoms with van der Waals surface area (Å²) in [7, 11) is 1.68. The number of rotatable bonds is 6. The van der Waals surface area contributed by atoms with Crippen LogP contribution in [0.2, 0.25) is 0 Å². The van der Waals surface area contributed by atoms with Crippen LogP contribution in [0.4, 0.5) is 0 Å². The van der Waals surface area contributed by atoms with Crippen molar-refractivity contribution >= 4 is 11.8 Å². The van der Waals surface area contributed by atoms with Crippen molar-refractivity contribution in [1.82, 2.24) is 10.2 Å². The number of carbonyl (C=O) groups is 2. The van der Waals surface area contributed by atoms with Gasteiger partial charge in [-0.3, -0.25) is 9.59 Å². The number of nitrogens with zero attached hydrogens (tertiary/aromatic N) is 1. The molecule has 2 aliphatic rings. The maximum atomic E-state index is 12.4. The van der Waals surface area contributed by atoms with Gasteiger partial charge in [0.1, 0.15) is 6.61 Å². The molecule has 1 aromatic carbocycles. The molecule has 2 saturated heterocycles. The number of amides is 2. The summed E-state index contributed by atoms with van der Waals surface area (Å²) in [5.41, 5.74) is 0.902. The zero-order chi connectivity index (χ0) is 19.1. The number of benzene rings is 1. The van der Waals surface area contributed by atoms with Crippen molar-refractivity contribution in [2.45, 2.75) is 44.3 Å². The minimum Gasteiger partial charge on any atom is -0.375 e. The minimum atomic E-state index is -0.168. The molecule has 0 aliphatic carbocycles. The molecule has 2 fully saturated rings. The monoisotopic (exact) mass is 374 g/mol. The van der Waals surface area contributed by atoms with Gasteiger partial charge in [-0.25, -0.2) is 0 Å². The summed E-state index contributed by atoms with van der Waals surface area (Å²) >= 11 is 0. The highest BCUT2D eigenvalue weighted by Crippen LogP contribution is 2.38. The average Bonchev–Trinajstić information content (AvgIpc) is 2.69. The second-order valence-electron chi connectivity index (χ2n) is 7.63. The quantitative estimate of drug-likeness (QED) is 0.828. The Morgan fingerprint density at radius 1 is 1.26 bits per heavy atom. The fourth-order valence-corrected chi connectivity index (χ4v) is 4.10. The Kier molecular flexibility index (Phi) is 6.85. The van der Waals surface area contributed by atoms with E-state index in [4.69, 9.17) is 9.47 Å². The van der Waals surface area contributed by atoms with Crippen molar-refractivity contribution in [2.24, 2.45) is 5.92 Å². The van der Waals surface area contributed by atoms with Crippen LogP contribution in [0.25, 0.3) is 0 Å². The summed E-state index contributed by atoms with van der Waals surface area (Å²) in [6.45, 7) is 2.66. The molecule has 1 spiro atoms. The molecule has 6 heteroatoms.